The van der Waals surface area contributed by atoms with Crippen molar-refractivity contribution in [3.63, 3.8) is 0 Å². The van der Waals surface area contributed by atoms with Crippen LogP contribution in [0, 0.1) is 11.8 Å². The lowest BCUT2D eigenvalue weighted by atomic mass is 9.82. The van der Waals surface area contributed by atoms with Crippen molar-refractivity contribution in [2.75, 3.05) is 36.2 Å². The molecule has 6 heteroatoms. The van der Waals surface area contributed by atoms with Crippen molar-refractivity contribution >= 4 is 29.3 Å². The van der Waals surface area contributed by atoms with E-state index in [9.17, 15) is 9.90 Å². The number of hydrogen-bond acceptors (Lipinski definition) is 6. The minimum absolute atomic E-state index is 0.0820. The van der Waals surface area contributed by atoms with E-state index in [0.29, 0.717) is 19.6 Å². The number of aliphatic hydroxyl groups excluding tert-OH is 1. The third kappa shape index (κ3) is 2.70. The Morgan fingerprint density at radius 3 is 2.68 bits per heavy atom. The van der Waals surface area contributed by atoms with Gasteiger partial charge in [0.05, 0.1) is 25.2 Å². The summed E-state index contributed by atoms with van der Waals surface area (Å²) in [5.74, 6) is 2.68. The van der Waals surface area contributed by atoms with Gasteiger partial charge in [0.25, 0.3) is 0 Å². The number of carbonyl (C=O) groups excluding carboxylic acids is 1. The van der Waals surface area contributed by atoms with Gasteiger partial charge >= 0.3 is 0 Å². The molecular formula is C13H20O4S2. The molecule has 1 N–H and O–H groups in total. The maximum Gasteiger partial charge on any atom is 0.175 e. The molecule has 3 aliphatic heterocycles. The Hall–Kier alpha value is 0.250. The van der Waals surface area contributed by atoms with Crippen LogP contribution in [0.2, 0.25) is 0 Å². The Labute approximate surface area is 122 Å². The van der Waals surface area contributed by atoms with Crippen molar-refractivity contribution in [3.05, 3.63) is 0 Å². The van der Waals surface area contributed by atoms with Gasteiger partial charge in [0, 0.05) is 36.0 Å². The van der Waals surface area contributed by atoms with Crippen LogP contribution in [-0.2, 0) is 14.3 Å². The Bertz CT molecular complexity index is 344. The van der Waals surface area contributed by atoms with Crippen LogP contribution in [0.15, 0.2) is 0 Å². The fourth-order valence-corrected chi connectivity index (χ4v) is 5.61. The van der Waals surface area contributed by atoms with E-state index in [2.05, 4.69) is 0 Å². The number of aliphatic hydroxyl groups is 1. The van der Waals surface area contributed by atoms with Gasteiger partial charge in [0.2, 0.25) is 0 Å². The number of thioether (sulfide) groups is 2. The molecule has 4 nitrogen and oxygen atoms in total. The molecule has 3 heterocycles. The third-order valence-electron chi connectivity index (χ3n) is 4.26. The van der Waals surface area contributed by atoms with Crippen LogP contribution in [0.5, 0.6) is 0 Å². The molecular weight excluding hydrogens is 284 g/mol. The topological polar surface area (TPSA) is 55.8 Å². The molecule has 108 valence electrons. The van der Waals surface area contributed by atoms with E-state index in [1.807, 2.05) is 11.8 Å². The first-order valence-corrected chi connectivity index (χ1v) is 9.18. The molecule has 3 atom stereocenters. The van der Waals surface area contributed by atoms with Crippen molar-refractivity contribution < 1.29 is 19.4 Å². The highest BCUT2D eigenvalue weighted by Gasteiger charge is 2.51. The molecule has 0 unspecified atom stereocenters. The van der Waals surface area contributed by atoms with E-state index in [-0.39, 0.29) is 17.6 Å². The summed E-state index contributed by atoms with van der Waals surface area (Å²) < 4.78 is 11.7. The molecule has 0 aromatic heterocycles. The van der Waals surface area contributed by atoms with Gasteiger partial charge in [-0.1, -0.05) is 0 Å². The van der Waals surface area contributed by atoms with Gasteiger partial charge in [-0.15, -0.1) is 0 Å². The molecule has 0 aliphatic carbocycles. The third-order valence-corrected chi connectivity index (χ3v) is 6.44. The zero-order chi connectivity index (χ0) is 13.3. The zero-order valence-corrected chi connectivity index (χ0v) is 12.5. The van der Waals surface area contributed by atoms with Gasteiger partial charge < -0.3 is 14.6 Å². The van der Waals surface area contributed by atoms with Gasteiger partial charge in [-0.2, -0.15) is 23.5 Å². The number of rotatable bonds is 2. The zero-order valence-electron chi connectivity index (χ0n) is 10.9. The van der Waals surface area contributed by atoms with Crippen molar-refractivity contribution in [2.45, 2.75) is 24.7 Å². The summed E-state index contributed by atoms with van der Waals surface area (Å²) in [5, 5.41) is 10.7. The fraction of sp³-hybridized carbons (Fsp3) is 0.923. The van der Waals surface area contributed by atoms with Crippen LogP contribution in [0.3, 0.4) is 0 Å². The highest BCUT2D eigenvalue weighted by Crippen LogP contribution is 2.43. The summed E-state index contributed by atoms with van der Waals surface area (Å²) in [5.41, 5.74) is 0. The first-order valence-electron chi connectivity index (χ1n) is 6.87. The molecule has 0 saturated carbocycles. The number of ketones is 1. The summed E-state index contributed by atoms with van der Waals surface area (Å²) in [6.45, 7) is 1.20. The van der Waals surface area contributed by atoms with Crippen LogP contribution in [0.25, 0.3) is 0 Å². The molecule has 0 bridgehead atoms. The van der Waals surface area contributed by atoms with Crippen molar-refractivity contribution in [3.8, 4) is 0 Å². The Morgan fingerprint density at radius 1 is 1.21 bits per heavy atom. The molecule has 3 rings (SSSR count). The molecule has 0 aromatic rings. The van der Waals surface area contributed by atoms with Gasteiger partial charge in [-0.25, -0.2) is 0 Å². The number of carbonyl (C=O) groups is 1. The van der Waals surface area contributed by atoms with Crippen LogP contribution < -0.4 is 0 Å². The van der Waals surface area contributed by atoms with Gasteiger partial charge in [0.1, 0.15) is 5.78 Å². The van der Waals surface area contributed by atoms with Crippen molar-refractivity contribution in [1.29, 1.82) is 0 Å². The van der Waals surface area contributed by atoms with E-state index in [4.69, 9.17) is 9.47 Å². The highest BCUT2D eigenvalue weighted by atomic mass is 32.2. The Morgan fingerprint density at radius 2 is 1.95 bits per heavy atom. The second-order valence-electron chi connectivity index (χ2n) is 5.33. The van der Waals surface area contributed by atoms with Gasteiger partial charge in [-0.3, -0.25) is 4.79 Å². The average molecular weight is 304 g/mol. The van der Waals surface area contributed by atoms with E-state index in [1.165, 1.54) is 0 Å². The molecule has 0 amide bonds. The Kier molecular flexibility index (Phi) is 4.43. The highest BCUT2D eigenvalue weighted by molar-refractivity contribution is 7.99. The fourth-order valence-electron chi connectivity index (χ4n) is 3.16. The predicted octanol–water partition coefficient (Wildman–Crippen LogP) is 1.17. The molecule has 0 aromatic carbocycles. The first-order chi connectivity index (χ1) is 9.23. The molecule has 3 aliphatic rings. The predicted molar refractivity (Wildman–Crippen MR) is 76.5 cm³/mol. The molecule has 3 fully saturated rings. The van der Waals surface area contributed by atoms with Crippen LogP contribution in [-0.4, -0.2) is 59.0 Å². The molecule has 0 radical (unpaired) electrons. The van der Waals surface area contributed by atoms with Gasteiger partial charge in [-0.05, 0) is 5.75 Å². The van der Waals surface area contributed by atoms with Crippen molar-refractivity contribution in [1.82, 2.24) is 0 Å². The minimum Gasteiger partial charge on any atom is -0.392 e. The largest absolute Gasteiger partial charge is 0.392 e. The maximum absolute atomic E-state index is 12.0. The van der Waals surface area contributed by atoms with E-state index < -0.39 is 11.9 Å². The van der Waals surface area contributed by atoms with Crippen LogP contribution in [0.1, 0.15) is 12.8 Å². The lowest BCUT2D eigenvalue weighted by molar-refractivity contribution is -0.217. The first kappa shape index (κ1) is 14.2. The van der Waals surface area contributed by atoms with E-state index in [0.717, 1.165) is 29.4 Å². The SMILES string of the molecule is O=C1CCSC[C@@H]1[C@@H](O)[C@H]1CSCCC12OCCO2. The van der Waals surface area contributed by atoms with E-state index in [1.54, 1.807) is 11.8 Å². The summed E-state index contributed by atoms with van der Waals surface area (Å²) in [7, 11) is 0. The standard InChI is InChI=1S/C13H20O4S2/c14-11-1-5-18-7-9(11)12(15)10-8-19-6-2-13(10)16-3-4-17-13/h9-10,12,15H,1-8H2/t9-,10+,12+/m0/s1. The number of ether oxygens (including phenoxy) is 2. The molecule has 3 saturated heterocycles. The minimum atomic E-state index is -0.633. The van der Waals surface area contributed by atoms with Gasteiger partial charge in [0.15, 0.2) is 5.79 Å². The monoisotopic (exact) mass is 304 g/mol. The lowest BCUT2D eigenvalue weighted by Crippen LogP contribution is -2.53. The summed E-state index contributed by atoms with van der Waals surface area (Å²) in [6.07, 6.45) is 0.764. The second-order valence-corrected chi connectivity index (χ2v) is 7.63. The quantitative estimate of drug-likeness (QED) is 0.826. The van der Waals surface area contributed by atoms with Crippen molar-refractivity contribution in [2.24, 2.45) is 11.8 Å². The van der Waals surface area contributed by atoms with E-state index >= 15 is 0 Å². The smallest absolute Gasteiger partial charge is 0.175 e. The number of Topliss-reactive ketones (excluding diaryl/α,β-unsaturated/α-hetero) is 1. The summed E-state index contributed by atoms with van der Waals surface area (Å²) in [6, 6.07) is 0. The normalized spacial score (nSPS) is 36.6. The molecule has 19 heavy (non-hydrogen) atoms. The second kappa shape index (κ2) is 5.93. The maximum atomic E-state index is 12.0. The Balaban J connectivity index is 1.76. The van der Waals surface area contributed by atoms with Crippen LogP contribution in [0.4, 0.5) is 0 Å². The van der Waals surface area contributed by atoms with Crippen LogP contribution >= 0.6 is 23.5 Å². The lowest BCUT2D eigenvalue weighted by Gasteiger charge is -2.43. The number of hydrogen-bond donors (Lipinski definition) is 1. The summed E-state index contributed by atoms with van der Waals surface area (Å²) in [4.78, 5) is 12.0. The summed E-state index contributed by atoms with van der Waals surface area (Å²) >= 11 is 3.58. The average Bonchev–Trinajstić information content (AvgIpc) is 2.88. The molecule has 1 spiro atoms.